The van der Waals surface area contributed by atoms with Gasteiger partial charge >= 0.3 is 0 Å². The smallest absolute Gasteiger partial charge is 0.253 e. The van der Waals surface area contributed by atoms with Crippen LogP contribution in [0, 0.1) is 5.92 Å². The lowest BCUT2D eigenvalue weighted by molar-refractivity contribution is -0.129. The molecule has 0 spiro atoms. The summed E-state index contributed by atoms with van der Waals surface area (Å²) in [6.07, 6.45) is 0.358. The van der Waals surface area contributed by atoms with E-state index in [4.69, 9.17) is 0 Å². The average Bonchev–Trinajstić information content (AvgIpc) is 2.75. The summed E-state index contributed by atoms with van der Waals surface area (Å²) in [6.45, 7) is 8.15. The number of hydrogen-bond acceptors (Lipinski definition) is 3. The van der Waals surface area contributed by atoms with Gasteiger partial charge in [-0.1, -0.05) is 56.3 Å². The van der Waals surface area contributed by atoms with Gasteiger partial charge in [-0.05, 0) is 43.0 Å². The molecule has 6 nitrogen and oxygen atoms in total. The molecule has 2 aromatic carbocycles. The topological polar surface area (TPSA) is 78.5 Å². The van der Waals surface area contributed by atoms with Crippen molar-refractivity contribution in [3.63, 3.8) is 0 Å². The van der Waals surface area contributed by atoms with Crippen molar-refractivity contribution in [2.45, 2.75) is 52.7 Å². The average molecular weight is 424 g/mol. The van der Waals surface area contributed by atoms with E-state index in [1.54, 1.807) is 24.1 Å². The third kappa shape index (κ3) is 7.24. The van der Waals surface area contributed by atoms with Gasteiger partial charge in [-0.25, -0.2) is 0 Å². The summed E-state index contributed by atoms with van der Waals surface area (Å²) in [6, 6.07) is 15.8. The predicted molar refractivity (Wildman–Crippen MR) is 122 cm³/mol. The van der Waals surface area contributed by atoms with Crippen molar-refractivity contribution in [3.05, 3.63) is 71.3 Å². The molecule has 0 heterocycles. The fourth-order valence-electron chi connectivity index (χ4n) is 3.03. The predicted octanol–water partition coefficient (Wildman–Crippen LogP) is 3.69. The first-order chi connectivity index (χ1) is 14.7. The van der Waals surface area contributed by atoms with Crippen molar-refractivity contribution < 1.29 is 14.4 Å². The van der Waals surface area contributed by atoms with Crippen LogP contribution in [0.25, 0.3) is 0 Å². The van der Waals surface area contributed by atoms with Gasteiger partial charge in [0.25, 0.3) is 5.91 Å². The van der Waals surface area contributed by atoms with Gasteiger partial charge in [0.2, 0.25) is 11.8 Å². The van der Waals surface area contributed by atoms with Gasteiger partial charge in [0.05, 0.1) is 0 Å². The molecule has 0 aliphatic rings. The maximum Gasteiger partial charge on any atom is 0.253 e. The summed E-state index contributed by atoms with van der Waals surface area (Å²) in [7, 11) is 1.78. The van der Waals surface area contributed by atoms with Crippen molar-refractivity contribution in [3.8, 4) is 0 Å². The third-order valence-electron chi connectivity index (χ3n) is 5.06. The van der Waals surface area contributed by atoms with Crippen LogP contribution in [-0.2, 0) is 16.1 Å². The molecule has 6 heteroatoms. The number of carbonyl (C=O) groups is 3. The Kier molecular flexibility index (Phi) is 8.79. The minimum absolute atomic E-state index is 0.0393. The summed E-state index contributed by atoms with van der Waals surface area (Å²) in [5, 5.41) is 5.74. The van der Waals surface area contributed by atoms with Crippen LogP contribution >= 0.6 is 0 Å². The SMILES string of the molecule is CC(C)CC(=O)NC(C(=O)NCc1ccc(C(=O)N(C)C(C)C)cc1)c1ccccc1. The number of nitrogens with zero attached hydrogens (tertiary/aromatic N) is 1. The molecule has 0 aliphatic heterocycles. The van der Waals surface area contributed by atoms with Crippen LogP contribution in [0.2, 0.25) is 0 Å². The quantitative estimate of drug-likeness (QED) is 0.646. The van der Waals surface area contributed by atoms with Crippen LogP contribution in [-0.4, -0.2) is 35.7 Å². The fourth-order valence-corrected chi connectivity index (χ4v) is 3.03. The van der Waals surface area contributed by atoms with Crippen molar-refractivity contribution in [2.24, 2.45) is 5.92 Å². The Bertz CT molecular complexity index is 877. The first kappa shape index (κ1) is 24.1. The molecule has 0 bridgehead atoms. The Balaban J connectivity index is 2.05. The summed E-state index contributed by atoms with van der Waals surface area (Å²) in [5.74, 6) is -0.266. The maximum atomic E-state index is 12.9. The van der Waals surface area contributed by atoms with Crippen LogP contribution in [0.15, 0.2) is 54.6 Å². The van der Waals surface area contributed by atoms with Gasteiger partial charge in [0.1, 0.15) is 6.04 Å². The van der Waals surface area contributed by atoms with Crippen LogP contribution in [0.3, 0.4) is 0 Å². The molecule has 0 aliphatic carbocycles. The highest BCUT2D eigenvalue weighted by molar-refractivity contribution is 5.94. The molecule has 0 radical (unpaired) electrons. The number of carbonyl (C=O) groups excluding carboxylic acids is 3. The van der Waals surface area contributed by atoms with Gasteiger partial charge < -0.3 is 15.5 Å². The van der Waals surface area contributed by atoms with E-state index in [9.17, 15) is 14.4 Å². The van der Waals surface area contributed by atoms with Crippen LogP contribution in [0.4, 0.5) is 0 Å². The minimum atomic E-state index is -0.756. The maximum absolute atomic E-state index is 12.9. The van der Waals surface area contributed by atoms with Gasteiger partial charge in [0, 0.05) is 31.6 Å². The highest BCUT2D eigenvalue weighted by atomic mass is 16.2. The summed E-state index contributed by atoms with van der Waals surface area (Å²) in [5.41, 5.74) is 2.21. The highest BCUT2D eigenvalue weighted by Gasteiger charge is 2.23. The second-order valence-electron chi connectivity index (χ2n) is 8.43. The molecule has 2 rings (SSSR count). The fraction of sp³-hybridized carbons (Fsp3) is 0.400. The molecule has 31 heavy (non-hydrogen) atoms. The van der Waals surface area contributed by atoms with Gasteiger partial charge in [-0.2, -0.15) is 0 Å². The number of amides is 3. The summed E-state index contributed by atoms with van der Waals surface area (Å²) in [4.78, 5) is 39.3. The number of rotatable bonds is 9. The normalized spacial score (nSPS) is 11.8. The Hall–Kier alpha value is -3.15. The van der Waals surface area contributed by atoms with Crippen molar-refractivity contribution in [1.29, 1.82) is 0 Å². The Morgan fingerprint density at radius 2 is 1.52 bits per heavy atom. The lowest BCUT2D eigenvalue weighted by Crippen LogP contribution is -2.40. The van der Waals surface area contributed by atoms with Gasteiger partial charge in [-0.3, -0.25) is 14.4 Å². The van der Waals surface area contributed by atoms with E-state index in [0.29, 0.717) is 18.5 Å². The van der Waals surface area contributed by atoms with Crippen LogP contribution in [0.1, 0.15) is 61.6 Å². The second kappa shape index (κ2) is 11.3. The molecule has 1 unspecified atom stereocenters. The van der Waals surface area contributed by atoms with Gasteiger partial charge in [-0.15, -0.1) is 0 Å². The molecule has 0 saturated heterocycles. The van der Waals surface area contributed by atoms with Crippen LogP contribution < -0.4 is 10.6 Å². The monoisotopic (exact) mass is 423 g/mol. The van der Waals surface area contributed by atoms with Crippen molar-refractivity contribution in [2.75, 3.05) is 7.05 Å². The lowest BCUT2D eigenvalue weighted by Gasteiger charge is -2.21. The Labute approximate surface area is 185 Å². The minimum Gasteiger partial charge on any atom is -0.350 e. The van der Waals surface area contributed by atoms with E-state index in [1.165, 1.54) is 0 Å². The molecule has 0 fully saturated rings. The van der Waals surface area contributed by atoms with E-state index < -0.39 is 6.04 Å². The van der Waals surface area contributed by atoms with E-state index in [1.807, 2.05) is 70.2 Å². The lowest BCUT2D eigenvalue weighted by atomic mass is 10.0. The number of benzene rings is 2. The molecular weight excluding hydrogens is 390 g/mol. The van der Waals surface area contributed by atoms with Crippen LogP contribution in [0.5, 0.6) is 0 Å². The molecule has 0 aromatic heterocycles. The zero-order valence-corrected chi connectivity index (χ0v) is 19.0. The zero-order valence-electron chi connectivity index (χ0n) is 19.0. The standard InChI is InChI=1S/C25H33N3O3/c1-17(2)15-22(29)27-23(20-9-7-6-8-10-20)24(30)26-16-19-11-13-21(14-12-19)25(31)28(5)18(3)4/h6-14,17-18,23H,15-16H2,1-5H3,(H,26,30)(H,27,29). The third-order valence-corrected chi connectivity index (χ3v) is 5.06. The number of hydrogen-bond donors (Lipinski definition) is 2. The molecule has 2 N–H and O–H groups in total. The summed E-state index contributed by atoms with van der Waals surface area (Å²) < 4.78 is 0. The zero-order chi connectivity index (χ0) is 23.0. The highest BCUT2D eigenvalue weighted by Crippen LogP contribution is 2.15. The van der Waals surface area contributed by atoms with E-state index in [-0.39, 0.29) is 29.7 Å². The molecular formula is C25H33N3O3. The largest absolute Gasteiger partial charge is 0.350 e. The van der Waals surface area contributed by atoms with Gasteiger partial charge in [0.15, 0.2) is 0 Å². The first-order valence-electron chi connectivity index (χ1n) is 10.7. The Morgan fingerprint density at radius 1 is 0.903 bits per heavy atom. The molecule has 166 valence electrons. The molecule has 0 saturated carbocycles. The number of nitrogens with one attached hydrogen (secondary N) is 2. The molecule has 2 aromatic rings. The van der Waals surface area contributed by atoms with E-state index in [0.717, 1.165) is 11.1 Å². The molecule has 3 amide bonds. The summed E-state index contributed by atoms with van der Waals surface area (Å²) >= 11 is 0. The Morgan fingerprint density at radius 3 is 2.06 bits per heavy atom. The second-order valence-corrected chi connectivity index (χ2v) is 8.43. The molecule has 1 atom stereocenters. The first-order valence-corrected chi connectivity index (χ1v) is 10.7. The van der Waals surface area contributed by atoms with E-state index in [2.05, 4.69) is 10.6 Å². The van der Waals surface area contributed by atoms with Crippen molar-refractivity contribution >= 4 is 17.7 Å². The van der Waals surface area contributed by atoms with E-state index >= 15 is 0 Å². The van der Waals surface area contributed by atoms with Crippen molar-refractivity contribution in [1.82, 2.24) is 15.5 Å².